The van der Waals surface area contributed by atoms with Gasteiger partial charge in [-0.25, -0.2) is 13.8 Å². The Bertz CT molecular complexity index is 976. The van der Waals surface area contributed by atoms with E-state index in [1.807, 2.05) is 0 Å². The Labute approximate surface area is 160 Å². The van der Waals surface area contributed by atoms with Crippen LogP contribution in [0.1, 0.15) is 42.6 Å². The van der Waals surface area contributed by atoms with Gasteiger partial charge in [-0.3, -0.25) is 4.90 Å². The van der Waals surface area contributed by atoms with E-state index in [9.17, 15) is 13.9 Å². The molecule has 3 heterocycles. The molecule has 4 rings (SSSR count). The number of aromatic hydroxyl groups is 1. The highest BCUT2D eigenvalue weighted by Crippen LogP contribution is 2.42. The monoisotopic (exact) mass is 392 g/mol. The van der Waals surface area contributed by atoms with E-state index in [0.717, 1.165) is 25.6 Å². The van der Waals surface area contributed by atoms with Crippen molar-refractivity contribution in [2.75, 3.05) is 13.1 Å². The third-order valence-corrected chi connectivity index (χ3v) is 6.15. The number of aromatic nitrogens is 3. The number of benzene rings is 1. The first-order valence-corrected chi connectivity index (χ1v) is 9.89. The number of thiazole rings is 1. The fraction of sp³-hybridized carbons (Fsp3) is 0.474. The predicted molar refractivity (Wildman–Crippen MR) is 100.0 cm³/mol. The zero-order valence-electron chi connectivity index (χ0n) is 15.5. The second kappa shape index (κ2) is 6.83. The summed E-state index contributed by atoms with van der Waals surface area (Å²) in [4.78, 5) is 7.81. The molecule has 0 aliphatic carbocycles. The van der Waals surface area contributed by atoms with Crippen LogP contribution in [0.4, 0.5) is 8.78 Å². The summed E-state index contributed by atoms with van der Waals surface area (Å²) in [7, 11) is 0. The summed E-state index contributed by atoms with van der Waals surface area (Å²) >= 11 is 1.34. The molecule has 144 valence electrons. The Morgan fingerprint density at radius 2 is 1.89 bits per heavy atom. The Hall–Kier alpha value is -2.06. The van der Waals surface area contributed by atoms with Gasteiger partial charge in [-0.05, 0) is 42.9 Å². The van der Waals surface area contributed by atoms with Gasteiger partial charge >= 0.3 is 0 Å². The number of nitrogens with zero attached hydrogens (tertiary/aromatic N) is 4. The molecule has 1 aromatic carbocycles. The van der Waals surface area contributed by atoms with Gasteiger partial charge in [-0.1, -0.05) is 31.3 Å². The van der Waals surface area contributed by atoms with Gasteiger partial charge in [0.05, 0.1) is 10.9 Å². The highest BCUT2D eigenvalue weighted by molar-refractivity contribution is 7.17. The van der Waals surface area contributed by atoms with Crippen molar-refractivity contribution in [3.8, 4) is 5.88 Å². The number of fused-ring (bicyclic) bond motifs is 1. The molecule has 5 nitrogen and oxygen atoms in total. The Morgan fingerprint density at radius 1 is 1.19 bits per heavy atom. The first kappa shape index (κ1) is 18.3. The van der Waals surface area contributed by atoms with Crippen molar-refractivity contribution in [3.05, 3.63) is 46.1 Å². The lowest BCUT2D eigenvalue weighted by Crippen LogP contribution is -2.41. The minimum atomic E-state index is -0.884. The van der Waals surface area contributed by atoms with E-state index in [-0.39, 0.29) is 11.9 Å². The molecule has 1 N–H and O–H groups in total. The van der Waals surface area contributed by atoms with Crippen LogP contribution in [0.2, 0.25) is 0 Å². The van der Waals surface area contributed by atoms with E-state index in [0.29, 0.717) is 33.1 Å². The van der Waals surface area contributed by atoms with Crippen LogP contribution in [0.3, 0.4) is 0 Å². The summed E-state index contributed by atoms with van der Waals surface area (Å²) in [5.41, 5.74) is 0.617. The third-order valence-electron chi connectivity index (χ3n) is 5.08. The van der Waals surface area contributed by atoms with Crippen molar-refractivity contribution in [1.82, 2.24) is 19.5 Å². The van der Waals surface area contributed by atoms with Crippen LogP contribution in [0.25, 0.3) is 4.96 Å². The van der Waals surface area contributed by atoms with Crippen molar-refractivity contribution >= 4 is 16.3 Å². The lowest BCUT2D eigenvalue weighted by Gasteiger charge is -2.40. The molecule has 0 radical (unpaired) electrons. The smallest absolute Gasteiger partial charge is 0.230 e. The molecule has 0 unspecified atom stereocenters. The minimum Gasteiger partial charge on any atom is -0.492 e. The van der Waals surface area contributed by atoms with E-state index < -0.39 is 11.6 Å². The fourth-order valence-electron chi connectivity index (χ4n) is 4.16. The van der Waals surface area contributed by atoms with Crippen molar-refractivity contribution < 1.29 is 13.9 Å². The molecule has 0 spiro atoms. The van der Waals surface area contributed by atoms with Crippen LogP contribution in [0.15, 0.2) is 18.2 Å². The molecule has 1 fully saturated rings. The molecule has 0 saturated carbocycles. The number of halogens is 2. The SMILES string of the molecule is Cc1nc2sc([C@@H](c3ccc(F)c(F)c3)N3C[C@H](C)C[C@H](C)C3)c(O)n2n1. The quantitative estimate of drug-likeness (QED) is 0.728. The van der Waals surface area contributed by atoms with Gasteiger partial charge in [0.25, 0.3) is 0 Å². The molecule has 1 aliphatic heterocycles. The number of piperidine rings is 1. The lowest BCUT2D eigenvalue weighted by atomic mass is 9.89. The summed E-state index contributed by atoms with van der Waals surface area (Å²) < 4.78 is 28.9. The molecule has 0 bridgehead atoms. The van der Waals surface area contributed by atoms with Crippen molar-refractivity contribution in [2.24, 2.45) is 11.8 Å². The van der Waals surface area contributed by atoms with E-state index in [1.165, 1.54) is 21.9 Å². The maximum Gasteiger partial charge on any atom is 0.230 e. The number of rotatable bonds is 3. The van der Waals surface area contributed by atoms with Crippen molar-refractivity contribution in [3.63, 3.8) is 0 Å². The Balaban J connectivity index is 1.85. The van der Waals surface area contributed by atoms with E-state index in [2.05, 4.69) is 28.8 Å². The second-order valence-corrected chi connectivity index (χ2v) is 8.63. The Kier molecular flexibility index (Phi) is 4.63. The van der Waals surface area contributed by atoms with Crippen molar-refractivity contribution in [1.29, 1.82) is 0 Å². The normalized spacial score (nSPS) is 22.4. The number of hydrogen-bond donors (Lipinski definition) is 1. The second-order valence-electron chi connectivity index (χ2n) is 7.62. The predicted octanol–water partition coefficient (Wildman–Crippen LogP) is 4.15. The highest BCUT2D eigenvalue weighted by atomic mass is 32.1. The number of aryl methyl sites for hydroxylation is 1. The molecule has 27 heavy (non-hydrogen) atoms. The van der Waals surface area contributed by atoms with Crippen LogP contribution >= 0.6 is 11.3 Å². The molecular formula is C19H22F2N4OS. The fourth-order valence-corrected chi connectivity index (χ4v) is 5.32. The molecule has 3 aromatic rings. The highest BCUT2D eigenvalue weighted by Gasteiger charge is 2.34. The van der Waals surface area contributed by atoms with Crippen LogP contribution in [0, 0.1) is 30.4 Å². The zero-order valence-corrected chi connectivity index (χ0v) is 16.3. The van der Waals surface area contributed by atoms with Crippen LogP contribution in [-0.2, 0) is 0 Å². The zero-order chi connectivity index (χ0) is 19.3. The van der Waals surface area contributed by atoms with Crippen LogP contribution in [-0.4, -0.2) is 37.7 Å². The van der Waals surface area contributed by atoms with Gasteiger partial charge in [-0.2, -0.15) is 4.52 Å². The van der Waals surface area contributed by atoms with E-state index in [1.54, 1.807) is 13.0 Å². The van der Waals surface area contributed by atoms with E-state index >= 15 is 0 Å². The molecular weight excluding hydrogens is 370 g/mol. The molecule has 8 heteroatoms. The molecule has 3 atom stereocenters. The van der Waals surface area contributed by atoms with Gasteiger partial charge in [0.1, 0.15) is 5.82 Å². The summed E-state index contributed by atoms with van der Waals surface area (Å²) in [5.74, 6) is -0.212. The molecule has 0 amide bonds. The summed E-state index contributed by atoms with van der Waals surface area (Å²) in [6.07, 6.45) is 1.13. The summed E-state index contributed by atoms with van der Waals surface area (Å²) in [5, 5.41) is 15.0. The van der Waals surface area contributed by atoms with Crippen molar-refractivity contribution in [2.45, 2.75) is 33.2 Å². The van der Waals surface area contributed by atoms with Crippen LogP contribution in [0.5, 0.6) is 5.88 Å². The summed E-state index contributed by atoms with van der Waals surface area (Å²) in [6.45, 7) is 7.79. The lowest BCUT2D eigenvalue weighted by molar-refractivity contribution is 0.111. The molecule has 2 aromatic heterocycles. The molecule has 1 aliphatic rings. The van der Waals surface area contributed by atoms with Gasteiger partial charge in [0, 0.05) is 13.1 Å². The first-order chi connectivity index (χ1) is 12.8. The Morgan fingerprint density at radius 3 is 2.52 bits per heavy atom. The average Bonchev–Trinajstić information content (AvgIpc) is 3.08. The van der Waals surface area contributed by atoms with Gasteiger partial charge in [0.15, 0.2) is 11.6 Å². The minimum absolute atomic E-state index is 0.0104. The van der Waals surface area contributed by atoms with Crippen LogP contribution < -0.4 is 0 Å². The maximum atomic E-state index is 14.0. The standard InChI is InChI=1S/C19H22F2N4OS/c1-10-6-11(2)9-24(8-10)16(13-4-5-14(20)15(21)7-13)17-18(26)25-19(27-17)22-12(3)23-25/h4-5,7,10-11,16,26H,6,8-9H2,1-3H3/t10-,11+,16-/m1/s1. The number of hydrogen-bond acceptors (Lipinski definition) is 5. The molecule has 1 saturated heterocycles. The third kappa shape index (κ3) is 3.32. The largest absolute Gasteiger partial charge is 0.492 e. The van der Waals surface area contributed by atoms with Gasteiger partial charge < -0.3 is 5.11 Å². The summed E-state index contributed by atoms with van der Waals surface area (Å²) in [6, 6.07) is 3.59. The number of likely N-dealkylation sites (tertiary alicyclic amines) is 1. The van der Waals surface area contributed by atoms with Gasteiger partial charge in [0.2, 0.25) is 10.8 Å². The topological polar surface area (TPSA) is 53.7 Å². The van der Waals surface area contributed by atoms with Gasteiger partial charge in [-0.15, -0.1) is 5.10 Å². The average molecular weight is 392 g/mol. The maximum absolute atomic E-state index is 14.0. The van der Waals surface area contributed by atoms with E-state index in [4.69, 9.17) is 0 Å². The first-order valence-electron chi connectivity index (χ1n) is 9.07.